The van der Waals surface area contributed by atoms with Crippen molar-refractivity contribution in [1.29, 1.82) is 0 Å². The second kappa shape index (κ2) is 4.83. The average molecular weight is 171 g/mol. The third-order valence-corrected chi connectivity index (χ3v) is 2.49. The van der Waals surface area contributed by atoms with E-state index >= 15 is 0 Å². The molecule has 2 heteroatoms. The van der Waals surface area contributed by atoms with Crippen molar-refractivity contribution in [2.45, 2.75) is 58.3 Å². The summed E-state index contributed by atoms with van der Waals surface area (Å²) in [4.78, 5) is 0. The molecule has 1 aliphatic heterocycles. The highest BCUT2D eigenvalue weighted by molar-refractivity contribution is 4.74. The van der Waals surface area contributed by atoms with Gasteiger partial charge in [0.1, 0.15) is 0 Å². The number of hydrogen-bond acceptors (Lipinski definition) is 2. The van der Waals surface area contributed by atoms with E-state index in [1.54, 1.807) is 0 Å². The summed E-state index contributed by atoms with van der Waals surface area (Å²) in [6.07, 6.45) is 4.65. The molecule has 1 aliphatic rings. The summed E-state index contributed by atoms with van der Waals surface area (Å²) in [5.41, 5.74) is 0. The Kier molecular flexibility index (Phi) is 4.02. The molecule has 2 nitrogen and oxygen atoms in total. The molecule has 0 spiro atoms. The molecule has 3 atom stereocenters. The highest BCUT2D eigenvalue weighted by Gasteiger charge is 2.22. The van der Waals surface area contributed by atoms with Crippen LogP contribution in [0.25, 0.3) is 0 Å². The van der Waals surface area contributed by atoms with Crippen LogP contribution in [0.1, 0.15) is 40.0 Å². The fourth-order valence-corrected chi connectivity index (χ4v) is 1.88. The Morgan fingerprint density at radius 2 is 2.25 bits per heavy atom. The van der Waals surface area contributed by atoms with Crippen molar-refractivity contribution in [2.24, 2.45) is 0 Å². The van der Waals surface area contributed by atoms with Crippen LogP contribution in [0.4, 0.5) is 0 Å². The van der Waals surface area contributed by atoms with Gasteiger partial charge in [-0.15, -0.1) is 0 Å². The molecule has 0 aliphatic carbocycles. The van der Waals surface area contributed by atoms with E-state index in [9.17, 15) is 0 Å². The lowest BCUT2D eigenvalue weighted by Gasteiger charge is -2.17. The molecule has 12 heavy (non-hydrogen) atoms. The van der Waals surface area contributed by atoms with Crippen LogP contribution < -0.4 is 5.32 Å². The summed E-state index contributed by atoms with van der Waals surface area (Å²) in [5.74, 6) is 0. The average Bonchev–Trinajstić information content (AvgIpc) is 2.36. The van der Waals surface area contributed by atoms with Gasteiger partial charge in [-0.05, 0) is 39.7 Å². The lowest BCUT2D eigenvalue weighted by molar-refractivity contribution is 0.0459. The van der Waals surface area contributed by atoms with Crippen LogP contribution in [-0.4, -0.2) is 24.8 Å². The molecule has 0 amide bonds. The van der Waals surface area contributed by atoms with Gasteiger partial charge in [0, 0.05) is 6.04 Å². The van der Waals surface area contributed by atoms with E-state index in [0.717, 1.165) is 13.0 Å². The smallest absolute Gasteiger partial charge is 0.0594 e. The van der Waals surface area contributed by atoms with Crippen LogP contribution in [0, 0.1) is 0 Å². The predicted molar refractivity (Wildman–Crippen MR) is 51.3 cm³/mol. The van der Waals surface area contributed by atoms with Crippen LogP contribution in [0.3, 0.4) is 0 Å². The maximum absolute atomic E-state index is 5.74. The normalized spacial score (nSPS) is 32.2. The van der Waals surface area contributed by atoms with Crippen molar-refractivity contribution in [1.82, 2.24) is 5.32 Å². The fourth-order valence-electron chi connectivity index (χ4n) is 1.88. The number of nitrogens with one attached hydrogen (secondary N) is 1. The number of hydrogen-bond donors (Lipinski definition) is 1. The minimum Gasteiger partial charge on any atom is -0.375 e. The van der Waals surface area contributed by atoms with Crippen LogP contribution in [0.15, 0.2) is 0 Å². The quantitative estimate of drug-likeness (QED) is 0.698. The van der Waals surface area contributed by atoms with Gasteiger partial charge in [0.25, 0.3) is 0 Å². The molecule has 1 saturated heterocycles. The van der Waals surface area contributed by atoms with Crippen molar-refractivity contribution in [3.05, 3.63) is 0 Å². The van der Waals surface area contributed by atoms with Crippen molar-refractivity contribution >= 4 is 0 Å². The summed E-state index contributed by atoms with van der Waals surface area (Å²) in [7, 11) is 0. The minimum absolute atomic E-state index is 0.490. The molecule has 0 aromatic carbocycles. The maximum Gasteiger partial charge on any atom is 0.0594 e. The van der Waals surface area contributed by atoms with Gasteiger partial charge < -0.3 is 10.1 Å². The summed E-state index contributed by atoms with van der Waals surface area (Å²) in [6, 6.07) is 0.602. The van der Waals surface area contributed by atoms with Gasteiger partial charge >= 0.3 is 0 Å². The molecule has 1 N–H and O–H groups in total. The summed E-state index contributed by atoms with van der Waals surface area (Å²) in [6.45, 7) is 7.60. The standard InChI is InChI=1S/C10H21NO/c1-4-11-8(2)7-10-6-5-9(3)12-10/h8-11H,4-7H2,1-3H3. The van der Waals surface area contributed by atoms with Gasteiger partial charge in [-0.1, -0.05) is 6.92 Å². The molecule has 1 rings (SSSR count). The molecular weight excluding hydrogens is 150 g/mol. The zero-order chi connectivity index (χ0) is 8.97. The van der Waals surface area contributed by atoms with E-state index in [2.05, 4.69) is 26.1 Å². The molecule has 1 heterocycles. The minimum atomic E-state index is 0.490. The second-order valence-electron chi connectivity index (χ2n) is 3.84. The molecule has 1 fully saturated rings. The van der Waals surface area contributed by atoms with Gasteiger partial charge in [-0.3, -0.25) is 0 Å². The molecular formula is C10H21NO. The first-order valence-corrected chi connectivity index (χ1v) is 5.11. The topological polar surface area (TPSA) is 21.3 Å². The predicted octanol–water partition coefficient (Wildman–Crippen LogP) is 1.94. The highest BCUT2D eigenvalue weighted by Crippen LogP contribution is 2.22. The number of ether oxygens (including phenoxy) is 1. The van der Waals surface area contributed by atoms with E-state index in [0.29, 0.717) is 18.2 Å². The zero-order valence-corrected chi connectivity index (χ0v) is 8.47. The Balaban J connectivity index is 2.14. The van der Waals surface area contributed by atoms with Crippen molar-refractivity contribution in [2.75, 3.05) is 6.54 Å². The number of rotatable bonds is 4. The van der Waals surface area contributed by atoms with Gasteiger partial charge in [0.2, 0.25) is 0 Å². The Labute approximate surface area is 75.7 Å². The van der Waals surface area contributed by atoms with Gasteiger partial charge in [-0.25, -0.2) is 0 Å². The van der Waals surface area contributed by atoms with Crippen molar-refractivity contribution < 1.29 is 4.74 Å². The first-order chi connectivity index (χ1) is 5.72. The lowest BCUT2D eigenvalue weighted by Crippen LogP contribution is -2.29. The Hall–Kier alpha value is -0.0800. The van der Waals surface area contributed by atoms with Gasteiger partial charge in [0.15, 0.2) is 0 Å². The molecule has 0 saturated carbocycles. The summed E-state index contributed by atoms with van der Waals surface area (Å²) < 4.78 is 5.74. The van der Waals surface area contributed by atoms with E-state index in [1.807, 2.05) is 0 Å². The van der Waals surface area contributed by atoms with E-state index in [4.69, 9.17) is 4.74 Å². The van der Waals surface area contributed by atoms with Gasteiger partial charge in [0.05, 0.1) is 12.2 Å². The fraction of sp³-hybridized carbons (Fsp3) is 1.00. The molecule has 0 aromatic rings. The van der Waals surface area contributed by atoms with E-state index in [1.165, 1.54) is 12.8 Å². The maximum atomic E-state index is 5.74. The van der Waals surface area contributed by atoms with E-state index in [-0.39, 0.29) is 0 Å². The monoisotopic (exact) mass is 171 g/mol. The largest absolute Gasteiger partial charge is 0.375 e. The first kappa shape index (κ1) is 10.0. The molecule has 0 radical (unpaired) electrons. The summed E-state index contributed by atoms with van der Waals surface area (Å²) in [5, 5.41) is 3.41. The third-order valence-electron chi connectivity index (χ3n) is 2.49. The van der Waals surface area contributed by atoms with Crippen LogP contribution >= 0.6 is 0 Å². The molecule has 72 valence electrons. The molecule has 0 bridgehead atoms. The second-order valence-corrected chi connectivity index (χ2v) is 3.84. The van der Waals surface area contributed by atoms with Crippen LogP contribution in [0.2, 0.25) is 0 Å². The van der Waals surface area contributed by atoms with Crippen molar-refractivity contribution in [3.63, 3.8) is 0 Å². The zero-order valence-electron chi connectivity index (χ0n) is 8.47. The van der Waals surface area contributed by atoms with Crippen LogP contribution in [-0.2, 0) is 4.74 Å². The SMILES string of the molecule is CCNC(C)CC1CCC(C)O1. The Morgan fingerprint density at radius 3 is 2.75 bits per heavy atom. The summed E-state index contributed by atoms with van der Waals surface area (Å²) >= 11 is 0. The Bertz CT molecular complexity index is 127. The molecule has 3 unspecified atom stereocenters. The third kappa shape index (κ3) is 3.11. The Morgan fingerprint density at radius 1 is 1.50 bits per heavy atom. The van der Waals surface area contributed by atoms with Crippen molar-refractivity contribution in [3.8, 4) is 0 Å². The van der Waals surface area contributed by atoms with Gasteiger partial charge in [-0.2, -0.15) is 0 Å². The van der Waals surface area contributed by atoms with E-state index < -0.39 is 0 Å². The highest BCUT2D eigenvalue weighted by atomic mass is 16.5. The molecule has 0 aromatic heterocycles. The van der Waals surface area contributed by atoms with Crippen LogP contribution in [0.5, 0.6) is 0 Å². The lowest BCUT2D eigenvalue weighted by atomic mass is 10.1. The first-order valence-electron chi connectivity index (χ1n) is 5.11.